The van der Waals surface area contributed by atoms with E-state index in [2.05, 4.69) is 16.0 Å². The molecule has 0 amide bonds. The minimum absolute atomic E-state index is 0.132. The molecule has 0 fully saturated rings. The van der Waals surface area contributed by atoms with E-state index < -0.39 is 11.7 Å². The zero-order valence-corrected chi connectivity index (χ0v) is 14.0. The van der Waals surface area contributed by atoms with Gasteiger partial charge in [-0.1, -0.05) is 30.3 Å². The molecule has 1 heterocycles. The molecule has 0 unspecified atom stereocenters. The number of rotatable bonds is 4. The van der Waals surface area contributed by atoms with Crippen LogP contribution in [0.2, 0.25) is 0 Å². The minimum atomic E-state index is -4.36. The molecule has 6 heteroatoms. The predicted molar refractivity (Wildman–Crippen MR) is 96.1 cm³/mol. The summed E-state index contributed by atoms with van der Waals surface area (Å²) in [4.78, 5) is 7.65. The van der Waals surface area contributed by atoms with E-state index in [4.69, 9.17) is 4.74 Å². The quantitative estimate of drug-likeness (QED) is 0.508. The Balaban J connectivity index is 1.49. The number of hydrogen-bond acceptors (Lipinski definition) is 2. The van der Waals surface area contributed by atoms with Crippen LogP contribution in [0.25, 0.3) is 22.2 Å². The normalized spacial score (nSPS) is 11.7. The summed E-state index contributed by atoms with van der Waals surface area (Å²) >= 11 is 0. The van der Waals surface area contributed by atoms with Crippen molar-refractivity contribution in [3.63, 3.8) is 0 Å². The van der Waals surface area contributed by atoms with Gasteiger partial charge in [-0.25, -0.2) is 4.98 Å². The largest absolute Gasteiger partial charge is 0.486 e. The van der Waals surface area contributed by atoms with E-state index in [0.29, 0.717) is 11.6 Å². The molecule has 0 bridgehead atoms. The highest BCUT2D eigenvalue weighted by Crippen LogP contribution is 2.30. The van der Waals surface area contributed by atoms with Gasteiger partial charge in [0.2, 0.25) is 0 Å². The Hall–Kier alpha value is -3.28. The lowest BCUT2D eigenvalue weighted by Crippen LogP contribution is -2.04. The van der Waals surface area contributed by atoms with Gasteiger partial charge in [-0.15, -0.1) is 0 Å². The van der Waals surface area contributed by atoms with E-state index in [1.807, 2.05) is 42.5 Å². The van der Waals surface area contributed by atoms with E-state index >= 15 is 0 Å². The topological polar surface area (TPSA) is 37.9 Å². The molecule has 0 saturated heterocycles. The molecule has 3 nitrogen and oxygen atoms in total. The van der Waals surface area contributed by atoms with E-state index in [1.54, 1.807) is 0 Å². The highest BCUT2D eigenvalue weighted by Gasteiger charge is 2.30. The number of H-pyrrole nitrogens is 1. The van der Waals surface area contributed by atoms with E-state index in [-0.39, 0.29) is 6.61 Å². The van der Waals surface area contributed by atoms with Crippen molar-refractivity contribution in [2.24, 2.45) is 0 Å². The fourth-order valence-electron chi connectivity index (χ4n) is 2.76. The molecule has 3 aromatic carbocycles. The average molecular weight is 367 g/mol. The Bertz CT molecular complexity index is 1050. The van der Waals surface area contributed by atoms with E-state index in [9.17, 15) is 13.2 Å². The Kier molecular flexibility index (Phi) is 4.32. The van der Waals surface area contributed by atoms with Gasteiger partial charge in [-0.05, 0) is 53.6 Å². The van der Waals surface area contributed by atoms with Crippen LogP contribution in [-0.2, 0) is 12.8 Å². The highest BCUT2D eigenvalue weighted by molar-refractivity contribution is 5.81. The maximum Gasteiger partial charge on any atom is 0.416 e. The molecule has 0 saturated carbocycles. The molecule has 1 N–H and O–H groups in total. The highest BCUT2D eigenvalue weighted by atomic mass is 19.4. The van der Waals surface area contributed by atoms with Gasteiger partial charge in [-0.3, -0.25) is 0 Å². The zero-order valence-electron chi connectivity index (χ0n) is 14.0. The van der Waals surface area contributed by atoms with Crippen molar-refractivity contribution in [1.82, 2.24) is 9.97 Å². The first kappa shape index (κ1) is 17.1. The summed E-state index contributed by atoms with van der Waals surface area (Å²) in [6.45, 7) is 0.132. The van der Waals surface area contributed by atoms with Gasteiger partial charge in [0.1, 0.15) is 18.2 Å². The number of aromatic nitrogens is 2. The van der Waals surface area contributed by atoms with Crippen LogP contribution in [0.4, 0.5) is 13.2 Å². The molecule has 0 aliphatic rings. The minimum Gasteiger partial charge on any atom is -0.486 e. The van der Waals surface area contributed by atoms with Gasteiger partial charge < -0.3 is 9.72 Å². The SMILES string of the molecule is FC(F)(F)c1ccc(OCc2nc3cc(-c4[c]cccc4)ccc3[nH]2)cc1. The Morgan fingerprint density at radius 1 is 1.00 bits per heavy atom. The molecule has 0 aliphatic heterocycles. The van der Waals surface area contributed by atoms with Gasteiger partial charge in [0.25, 0.3) is 0 Å². The van der Waals surface area contributed by atoms with Gasteiger partial charge in [0, 0.05) is 0 Å². The molecule has 1 radical (unpaired) electrons. The molecule has 27 heavy (non-hydrogen) atoms. The van der Waals surface area contributed by atoms with Crippen LogP contribution < -0.4 is 4.74 Å². The van der Waals surface area contributed by atoms with Crippen molar-refractivity contribution >= 4 is 11.0 Å². The standard InChI is InChI=1S/C21H14F3N2O/c22-21(23,24)16-7-9-17(10-8-16)27-13-20-25-18-11-6-15(12-19(18)26-20)14-4-2-1-3-5-14/h1-4,6-12H,13H2,(H,25,26). The van der Waals surface area contributed by atoms with Crippen molar-refractivity contribution < 1.29 is 17.9 Å². The van der Waals surface area contributed by atoms with E-state index in [1.165, 1.54) is 12.1 Å². The molecule has 4 aromatic rings. The number of nitrogens with zero attached hydrogens (tertiary/aromatic N) is 1. The maximum atomic E-state index is 12.6. The lowest BCUT2D eigenvalue weighted by atomic mass is 10.1. The predicted octanol–water partition coefficient (Wildman–Crippen LogP) is 5.63. The summed E-state index contributed by atoms with van der Waals surface area (Å²) in [6, 6.07) is 21.3. The van der Waals surface area contributed by atoms with E-state index in [0.717, 1.165) is 34.3 Å². The number of aromatic amines is 1. The van der Waals surface area contributed by atoms with Gasteiger partial charge in [-0.2, -0.15) is 13.2 Å². The molecule has 0 atom stereocenters. The first-order chi connectivity index (χ1) is 13.0. The van der Waals surface area contributed by atoms with Crippen LogP contribution in [0.1, 0.15) is 11.4 Å². The Morgan fingerprint density at radius 3 is 2.52 bits per heavy atom. The maximum absolute atomic E-state index is 12.6. The third-order valence-electron chi connectivity index (χ3n) is 4.11. The number of imidazole rings is 1. The Labute approximate surface area is 153 Å². The fraction of sp³-hybridized carbons (Fsp3) is 0.0952. The number of fused-ring (bicyclic) bond motifs is 1. The van der Waals surface area contributed by atoms with Crippen molar-refractivity contribution in [3.8, 4) is 16.9 Å². The summed E-state index contributed by atoms with van der Waals surface area (Å²) in [5, 5.41) is 0. The second kappa shape index (κ2) is 6.79. The number of alkyl halides is 3. The van der Waals surface area contributed by atoms with Crippen LogP contribution in [0.3, 0.4) is 0 Å². The summed E-state index contributed by atoms with van der Waals surface area (Å²) in [7, 11) is 0. The monoisotopic (exact) mass is 367 g/mol. The lowest BCUT2D eigenvalue weighted by molar-refractivity contribution is -0.137. The summed E-state index contributed by atoms with van der Waals surface area (Å²) < 4.78 is 43.3. The van der Waals surface area contributed by atoms with Crippen LogP contribution in [0.15, 0.2) is 66.7 Å². The third-order valence-corrected chi connectivity index (χ3v) is 4.11. The van der Waals surface area contributed by atoms with Gasteiger partial charge >= 0.3 is 6.18 Å². The lowest BCUT2D eigenvalue weighted by Gasteiger charge is -2.08. The molecular formula is C21H14F3N2O. The van der Waals surface area contributed by atoms with Gasteiger partial charge in [0.05, 0.1) is 16.6 Å². The van der Waals surface area contributed by atoms with Crippen LogP contribution in [0, 0.1) is 6.07 Å². The number of nitrogens with one attached hydrogen (secondary N) is 1. The third kappa shape index (κ3) is 3.79. The van der Waals surface area contributed by atoms with Crippen LogP contribution in [-0.4, -0.2) is 9.97 Å². The van der Waals surface area contributed by atoms with Crippen molar-refractivity contribution in [1.29, 1.82) is 0 Å². The smallest absolute Gasteiger partial charge is 0.416 e. The number of halogens is 3. The van der Waals surface area contributed by atoms with Crippen molar-refractivity contribution in [3.05, 3.63) is 84.2 Å². The Morgan fingerprint density at radius 2 is 1.81 bits per heavy atom. The van der Waals surface area contributed by atoms with Crippen LogP contribution in [0.5, 0.6) is 5.75 Å². The molecule has 0 aliphatic carbocycles. The zero-order chi connectivity index (χ0) is 18.9. The second-order valence-corrected chi connectivity index (χ2v) is 6.00. The molecule has 135 valence electrons. The van der Waals surface area contributed by atoms with Crippen molar-refractivity contribution in [2.45, 2.75) is 12.8 Å². The molecule has 4 rings (SSSR count). The molecule has 1 aromatic heterocycles. The average Bonchev–Trinajstić information content (AvgIpc) is 3.09. The molecule has 0 spiro atoms. The number of hydrogen-bond donors (Lipinski definition) is 1. The van der Waals surface area contributed by atoms with Crippen LogP contribution >= 0.6 is 0 Å². The second-order valence-electron chi connectivity index (χ2n) is 6.00. The number of benzene rings is 3. The first-order valence-corrected chi connectivity index (χ1v) is 8.25. The summed E-state index contributed by atoms with van der Waals surface area (Å²) in [5.74, 6) is 0.946. The molecular weight excluding hydrogens is 353 g/mol. The first-order valence-electron chi connectivity index (χ1n) is 8.25. The van der Waals surface area contributed by atoms with Crippen molar-refractivity contribution in [2.75, 3.05) is 0 Å². The fourth-order valence-corrected chi connectivity index (χ4v) is 2.76. The van der Waals surface area contributed by atoms with Gasteiger partial charge in [0.15, 0.2) is 0 Å². The number of ether oxygens (including phenoxy) is 1. The summed E-state index contributed by atoms with van der Waals surface area (Å²) in [5.41, 5.74) is 2.93. The summed E-state index contributed by atoms with van der Waals surface area (Å²) in [6.07, 6.45) is -4.36.